The van der Waals surface area contributed by atoms with Crippen molar-refractivity contribution >= 4 is 23.0 Å². The van der Waals surface area contributed by atoms with Crippen LogP contribution in [-0.4, -0.2) is 45.8 Å². The largest absolute Gasteiger partial charge is 0.495 e. The number of nitrogens with zero attached hydrogens (tertiary/aromatic N) is 5. The third-order valence-corrected chi connectivity index (χ3v) is 5.92. The molecule has 0 aliphatic heterocycles. The highest BCUT2D eigenvalue weighted by atomic mass is 35.5. The standard InChI is InChI=1S/C25H22ClN5O4/c1-34-8-7-21(22(32)9-16-3-6-24-29-28-15-30(24)13-16)31-14-23(35-2)20(11-25(31)33)19-10-18(26)5-4-17(19)12-27/h3-6,10-11,13-15,21H,7-9H2,1-2H3. The second kappa shape index (κ2) is 10.5. The molecule has 3 heterocycles. The SMILES string of the molecule is COCCC(C(=O)Cc1ccc2nncn2c1)n1cc(OC)c(-c2cc(Cl)ccc2C#N)cc1=O. The number of pyridine rings is 2. The number of methoxy groups -OCH3 is 2. The fourth-order valence-electron chi connectivity index (χ4n) is 3.96. The van der Waals surface area contributed by atoms with Gasteiger partial charge in [0.25, 0.3) is 5.56 Å². The first-order valence-corrected chi connectivity index (χ1v) is 11.1. The van der Waals surface area contributed by atoms with E-state index in [1.807, 2.05) is 6.07 Å². The van der Waals surface area contributed by atoms with Crippen LogP contribution in [0.25, 0.3) is 16.8 Å². The van der Waals surface area contributed by atoms with Gasteiger partial charge in [-0.2, -0.15) is 5.26 Å². The number of hydrogen-bond donors (Lipinski definition) is 0. The van der Waals surface area contributed by atoms with E-state index < -0.39 is 11.6 Å². The summed E-state index contributed by atoms with van der Waals surface area (Å²) in [4.78, 5) is 26.6. The number of benzene rings is 1. The minimum absolute atomic E-state index is 0.103. The fraction of sp³-hybridized carbons (Fsp3) is 0.240. The average Bonchev–Trinajstić information content (AvgIpc) is 3.32. The van der Waals surface area contributed by atoms with Gasteiger partial charge < -0.3 is 14.0 Å². The monoisotopic (exact) mass is 491 g/mol. The molecule has 1 aromatic carbocycles. The molecule has 9 nitrogen and oxygen atoms in total. The Morgan fingerprint density at radius 3 is 2.74 bits per heavy atom. The Hall–Kier alpha value is -4.00. The fourth-order valence-corrected chi connectivity index (χ4v) is 4.14. The summed E-state index contributed by atoms with van der Waals surface area (Å²) in [5, 5.41) is 17.8. The van der Waals surface area contributed by atoms with Crippen LogP contribution in [0.4, 0.5) is 0 Å². The zero-order valence-electron chi connectivity index (χ0n) is 19.1. The Morgan fingerprint density at radius 2 is 2.00 bits per heavy atom. The van der Waals surface area contributed by atoms with Crippen molar-refractivity contribution in [1.29, 1.82) is 5.26 Å². The number of aromatic nitrogens is 4. The lowest BCUT2D eigenvalue weighted by atomic mass is 9.99. The van der Waals surface area contributed by atoms with Gasteiger partial charge in [0.2, 0.25) is 0 Å². The molecule has 3 aromatic heterocycles. The van der Waals surface area contributed by atoms with Crippen molar-refractivity contribution in [1.82, 2.24) is 19.2 Å². The molecule has 35 heavy (non-hydrogen) atoms. The van der Waals surface area contributed by atoms with Crippen molar-refractivity contribution in [3.63, 3.8) is 0 Å². The van der Waals surface area contributed by atoms with Gasteiger partial charge in [0.05, 0.1) is 31.0 Å². The third kappa shape index (κ3) is 5.09. The number of fused-ring (bicyclic) bond motifs is 1. The number of Topliss-reactive ketones (excluding diaryl/α,β-unsaturated/α-hetero) is 1. The third-order valence-electron chi connectivity index (χ3n) is 5.69. The predicted octanol–water partition coefficient (Wildman–Crippen LogP) is 3.48. The summed E-state index contributed by atoms with van der Waals surface area (Å²) in [5.74, 6) is 0.177. The smallest absolute Gasteiger partial charge is 0.252 e. The topological polar surface area (TPSA) is 112 Å². The number of hydrogen-bond acceptors (Lipinski definition) is 7. The van der Waals surface area contributed by atoms with Crippen LogP contribution in [0.15, 0.2) is 59.9 Å². The molecule has 0 amide bonds. The number of nitriles is 1. The van der Waals surface area contributed by atoms with Crippen LogP contribution in [0.3, 0.4) is 0 Å². The summed E-state index contributed by atoms with van der Waals surface area (Å²) in [6.45, 7) is 0.282. The molecule has 4 aromatic rings. The first-order chi connectivity index (χ1) is 16.9. The first-order valence-electron chi connectivity index (χ1n) is 10.7. The Kier molecular flexibility index (Phi) is 7.25. The molecular formula is C25H22ClN5O4. The van der Waals surface area contributed by atoms with Crippen LogP contribution in [0.2, 0.25) is 5.02 Å². The number of carbonyl (C=O) groups is 1. The number of carbonyl (C=O) groups excluding carboxylic acids is 1. The normalized spacial score (nSPS) is 11.8. The van der Waals surface area contributed by atoms with Gasteiger partial charge in [0, 0.05) is 48.6 Å². The summed E-state index contributed by atoms with van der Waals surface area (Å²) in [7, 11) is 3.00. The second-order valence-corrected chi connectivity index (χ2v) is 8.31. The number of rotatable bonds is 9. The van der Waals surface area contributed by atoms with Crippen LogP contribution < -0.4 is 10.3 Å². The zero-order valence-corrected chi connectivity index (χ0v) is 19.9. The van der Waals surface area contributed by atoms with E-state index in [1.54, 1.807) is 41.2 Å². The van der Waals surface area contributed by atoms with E-state index in [9.17, 15) is 14.9 Å². The first kappa shape index (κ1) is 24.1. The van der Waals surface area contributed by atoms with Gasteiger partial charge in [0.1, 0.15) is 12.1 Å². The molecule has 0 fully saturated rings. The van der Waals surface area contributed by atoms with E-state index in [4.69, 9.17) is 21.1 Å². The van der Waals surface area contributed by atoms with Gasteiger partial charge in [-0.15, -0.1) is 10.2 Å². The molecule has 0 N–H and O–H groups in total. The molecule has 0 saturated heterocycles. The number of ether oxygens (including phenoxy) is 2. The molecule has 1 unspecified atom stereocenters. The van der Waals surface area contributed by atoms with Crippen molar-refractivity contribution in [3.8, 4) is 22.9 Å². The van der Waals surface area contributed by atoms with Gasteiger partial charge >= 0.3 is 0 Å². The van der Waals surface area contributed by atoms with Crippen LogP contribution in [0, 0.1) is 11.3 Å². The van der Waals surface area contributed by atoms with Gasteiger partial charge in [-0.1, -0.05) is 17.7 Å². The molecule has 0 spiro atoms. The molecule has 0 radical (unpaired) electrons. The Morgan fingerprint density at radius 1 is 1.17 bits per heavy atom. The summed E-state index contributed by atoms with van der Waals surface area (Å²) in [6, 6.07) is 11.1. The van der Waals surface area contributed by atoms with Crippen LogP contribution in [0.1, 0.15) is 23.6 Å². The highest BCUT2D eigenvalue weighted by molar-refractivity contribution is 6.31. The number of halogens is 1. The van der Waals surface area contributed by atoms with Crippen molar-refractivity contribution in [2.45, 2.75) is 18.9 Å². The van der Waals surface area contributed by atoms with Crippen molar-refractivity contribution in [2.75, 3.05) is 20.8 Å². The van der Waals surface area contributed by atoms with Gasteiger partial charge in [-0.25, -0.2) is 0 Å². The lowest BCUT2D eigenvalue weighted by Gasteiger charge is -2.21. The van der Waals surface area contributed by atoms with E-state index in [0.29, 0.717) is 39.5 Å². The van der Waals surface area contributed by atoms with E-state index in [0.717, 1.165) is 5.56 Å². The van der Waals surface area contributed by atoms with Gasteiger partial charge in [0.15, 0.2) is 11.4 Å². The lowest BCUT2D eigenvalue weighted by molar-refractivity contribution is -0.122. The van der Waals surface area contributed by atoms with Crippen molar-refractivity contribution in [3.05, 3.63) is 81.6 Å². The van der Waals surface area contributed by atoms with Crippen LogP contribution >= 0.6 is 11.6 Å². The van der Waals surface area contributed by atoms with Gasteiger partial charge in [-0.3, -0.25) is 14.0 Å². The zero-order chi connectivity index (χ0) is 24.9. The van der Waals surface area contributed by atoms with Crippen molar-refractivity contribution in [2.24, 2.45) is 0 Å². The molecule has 10 heteroatoms. The molecule has 0 aliphatic rings. The van der Waals surface area contributed by atoms with E-state index in [2.05, 4.69) is 16.3 Å². The molecule has 0 bridgehead atoms. The molecule has 0 saturated carbocycles. The maximum Gasteiger partial charge on any atom is 0.252 e. The lowest BCUT2D eigenvalue weighted by Crippen LogP contribution is -2.31. The Bertz CT molecular complexity index is 1490. The average molecular weight is 492 g/mol. The summed E-state index contributed by atoms with van der Waals surface area (Å²) < 4.78 is 13.8. The highest BCUT2D eigenvalue weighted by Gasteiger charge is 2.24. The van der Waals surface area contributed by atoms with E-state index in [-0.39, 0.29) is 18.8 Å². The Balaban J connectivity index is 1.74. The quantitative estimate of drug-likeness (QED) is 0.352. The van der Waals surface area contributed by atoms with E-state index >= 15 is 0 Å². The molecule has 1 atom stereocenters. The Labute approximate surface area is 206 Å². The minimum Gasteiger partial charge on any atom is -0.495 e. The molecular weight excluding hydrogens is 470 g/mol. The predicted molar refractivity (Wildman–Crippen MR) is 130 cm³/mol. The molecule has 4 rings (SSSR count). The highest BCUT2D eigenvalue weighted by Crippen LogP contribution is 2.33. The number of ketones is 1. The summed E-state index contributed by atoms with van der Waals surface area (Å²) >= 11 is 6.14. The van der Waals surface area contributed by atoms with Gasteiger partial charge in [-0.05, 0) is 36.2 Å². The van der Waals surface area contributed by atoms with Crippen molar-refractivity contribution < 1.29 is 14.3 Å². The maximum absolute atomic E-state index is 13.4. The molecule has 0 aliphatic carbocycles. The van der Waals surface area contributed by atoms with E-state index in [1.165, 1.54) is 31.0 Å². The summed E-state index contributed by atoms with van der Waals surface area (Å²) in [6.07, 6.45) is 5.25. The van der Waals surface area contributed by atoms with Crippen LogP contribution in [0.5, 0.6) is 5.75 Å². The second-order valence-electron chi connectivity index (χ2n) is 7.88. The summed E-state index contributed by atoms with van der Waals surface area (Å²) in [5.41, 5.74) is 2.27. The van der Waals surface area contributed by atoms with Crippen LogP contribution in [-0.2, 0) is 16.0 Å². The minimum atomic E-state index is -0.781. The molecule has 178 valence electrons. The maximum atomic E-state index is 13.4.